The number of anilines is 1. The standard InChI is InChI=1S/C24H22ClN3OS/c1-15-7-8-16(2)20(13-15)27-9-11-28(12-10-27)24(29)21-14-18-22(30-21)17-5-3-4-6-19(17)26-23(18)25/h3-8,13-14H,9-12H2,1-2H3. The fourth-order valence-electron chi connectivity index (χ4n) is 4.15. The highest BCUT2D eigenvalue weighted by atomic mass is 35.5. The zero-order chi connectivity index (χ0) is 20.8. The Morgan fingerprint density at radius 3 is 2.57 bits per heavy atom. The molecule has 3 heterocycles. The number of piperazine rings is 1. The average Bonchev–Trinajstić information content (AvgIpc) is 3.22. The normalized spacial score (nSPS) is 14.6. The minimum absolute atomic E-state index is 0.0805. The summed E-state index contributed by atoms with van der Waals surface area (Å²) in [4.78, 5) is 22.8. The van der Waals surface area contributed by atoms with Crippen molar-refractivity contribution in [1.82, 2.24) is 9.88 Å². The smallest absolute Gasteiger partial charge is 0.264 e. The Balaban J connectivity index is 1.39. The van der Waals surface area contributed by atoms with E-state index in [-0.39, 0.29) is 5.91 Å². The van der Waals surface area contributed by atoms with Gasteiger partial charge in [-0.05, 0) is 43.2 Å². The number of pyridine rings is 1. The largest absolute Gasteiger partial charge is 0.368 e. The summed E-state index contributed by atoms with van der Waals surface area (Å²) in [6.45, 7) is 7.37. The summed E-state index contributed by atoms with van der Waals surface area (Å²) in [6, 6.07) is 16.4. The molecule has 0 unspecified atom stereocenters. The lowest BCUT2D eigenvalue weighted by atomic mass is 10.1. The van der Waals surface area contributed by atoms with Crippen molar-refractivity contribution in [2.45, 2.75) is 13.8 Å². The minimum Gasteiger partial charge on any atom is -0.368 e. The van der Waals surface area contributed by atoms with Gasteiger partial charge in [-0.1, -0.05) is 41.9 Å². The van der Waals surface area contributed by atoms with Crippen molar-refractivity contribution in [1.29, 1.82) is 0 Å². The van der Waals surface area contributed by atoms with E-state index in [4.69, 9.17) is 11.6 Å². The van der Waals surface area contributed by atoms with Crippen LogP contribution in [0.1, 0.15) is 20.8 Å². The third kappa shape index (κ3) is 3.32. The minimum atomic E-state index is 0.0805. The average molecular weight is 436 g/mol. The number of hydrogen-bond acceptors (Lipinski definition) is 4. The van der Waals surface area contributed by atoms with Crippen LogP contribution in [0.3, 0.4) is 0 Å². The molecule has 30 heavy (non-hydrogen) atoms. The van der Waals surface area contributed by atoms with E-state index in [2.05, 4.69) is 41.9 Å². The van der Waals surface area contributed by atoms with Crippen LogP contribution < -0.4 is 4.90 Å². The predicted octanol–water partition coefficient (Wildman–Crippen LogP) is 5.68. The van der Waals surface area contributed by atoms with Crippen molar-refractivity contribution < 1.29 is 4.79 Å². The molecule has 4 aromatic rings. The Morgan fingerprint density at radius 1 is 1.00 bits per heavy atom. The second kappa shape index (κ2) is 7.56. The molecule has 0 N–H and O–H groups in total. The highest BCUT2D eigenvalue weighted by molar-refractivity contribution is 7.21. The van der Waals surface area contributed by atoms with Gasteiger partial charge in [0.15, 0.2) is 0 Å². The Labute approximate surface area is 184 Å². The number of aryl methyl sites for hydroxylation is 2. The molecule has 0 aliphatic carbocycles. The van der Waals surface area contributed by atoms with E-state index in [1.54, 1.807) is 0 Å². The number of rotatable bonds is 2. The first kappa shape index (κ1) is 19.3. The maximum absolute atomic E-state index is 13.2. The number of nitrogens with zero attached hydrogens (tertiary/aromatic N) is 3. The molecule has 1 amide bonds. The molecule has 1 fully saturated rings. The number of fused-ring (bicyclic) bond motifs is 3. The summed E-state index contributed by atoms with van der Waals surface area (Å²) < 4.78 is 1.03. The van der Waals surface area contributed by atoms with Crippen molar-refractivity contribution in [3.8, 4) is 0 Å². The first-order chi connectivity index (χ1) is 14.5. The number of thiophene rings is 1. The van der Waals surface area contributed by atoms with Gasteiger partial charge in [-0.3, -0.25) is 4.79 Å². The first-order valence-corrected chi connectivity index (χ1v) is 11.3. The lowest BCUT2D eigenvalue weighted by Crippen LogP contribution is -2.48. The van der Waals surface area contributed by atoms with E-state index in [9.17, 15) is 4.79 Å². The van der Waals surface area contributed by atoms with Crippen molar-refractivity contribution in [3.05, 3.63) is 69.7 Å². The van der Waals surface area contributed by atoms with Crippen LogP contribution in [0.15, 0.2) is 48.5 Å². The second-order valence-corrected chi connectivity index (χ2v) is 9.25. The van der Waals surface area contributed by atoms with Crippen LogP contribution in [0.5, 0.6) is 0 Å². The molecular formula is C24H22ClN3OS. The van der Waals surface area contributed by atoms with E-state index in [1.165, 1.54) is 28.2 Å². The maximum Gasteiger partial charge on any atom is 0.264 e. The summed E-state index contributed by atoms with van der Waals surface area (Å²) in [5, 5.41) is 2.36. The van der Waals surface area contributed by atoms with Crippen LogP contribution in [0.2, 0.25) is 5.15 Å². The number of halogens is 1. The van der Waals surface area contributed by atoms with Gasteiger partial charge in [0.25, 0.3) is 5.91 Å². The molecule has 0 atom stereocenters. The van der Waals surface area contributed by atoms with Gasteiger partial charge in [0, 0.05) is 47.3 Å². The Morgan fingerprint density at radius 2 is 1.77 bits per heavy atom. The zero-order valence-electron chi connectivity index (χ0n) is 17.0. The molecule has 2 aromatic carbocycles. The number of para-hydroxylation sites is 1. The van der Waals surface area contributed by atoms with Gasteiger partial charge < -0.3 is 9.80 Å². The molecule has 0 saturated carbocycles. The van der Waals surface area contributed by atoms with Crippen LogP contribution in [0.4, 0.5) is 5.69 Å². The Bertz CT molecular complexity index is 1270. The highest BCUT2D eigenvalue weighted by Gasteiger charge is 2.25. The molecule has 152 valence electrons. The lowest BCUT2D eigenvalue weighted by molar-refractivity contribution is 0.0751. The number of hydrogen-bond donors (Lipinski definition) is 0. The molecule has 4 nitrogen and oxygen atoms in total. The molecule has 0 spiro atoms. The van der Waals surface area contributed by atoms with Gasteiger partial charge in [0.05, 0.1) is 10.4 Å². The van der Waals surface area contributed by atoms with Gasteiger partial charge in [0.1, 0.15) is 5.15 Å². The first-order valence-electron chi connectivity index (χ1n) is 10.1. The monoisotopic (exact) mass is 435 g/mol. The van der Waals surface area contributed by atoms with Gasteiger partial charge in [0.2, 0.25) is 0 Å². The van der Waals surface area contributed by atoms with E-state index in [0.29, 0.717) is 18.2 Å². The molecular weight excluding hydrogens is 414 g/mol. The van der Waals surface area contributed by atoms with E-state index < -0.39 is 0 Å². The van der Waals surface area contributed by atoms with Crippen molar-refractivity contribution in [3.63, 3.8) is 0 Å². The summed E-state index contributed by atoms with van der Waals surface area (Å²) in [7, 11) is 0. The van der Waals surface area contributed by atoms with Crippen LogP contribution in [-0.2, 0) is 0 Å². The van der Waals surface area contributed by atoms with E-state index >= 15 is 0 Å². The van der Waals surface area contributed by atoms with Crippen molar-refractivity contribution in [2.75, 3.05) is 31.1 Å². The molecule has 1 aliphatic heterocycles. The SMILES string of the molecule is Cc1ccc(C)c(N2CCN(C(=O)c3cc4c(Cl)nc5ccccc5c4s3)CC2)c1. The third-order valence-corrected chi connectivity index (χ3v) is 7.25. The summed E-state index contributed by atoms with van der Waals surface area (Å²) in [6.07, 6.45) is 0. The summed E-state index contributed by atoms with van der Waals surface area (Å²) in [5.41, 5.74) is 4.67. The van der Waals surface area contributed by atoms with Crippen molar-refractivity contribution >= 4 is 55.5 Å². The van der Waals surface area contributed by atoms with Crippen LogP contribution in [-0.4, -0.2) is 42.0 Å². The lowest BCUT2D eigenvalue weighted by Gasteiger charge is -2.36. The number of carbonyl (C=O) groups is 1. The fourth-order valence-corrected chi connectivity index (χ4v) is 5.60. The van der Waals surface area contributed by atoms with Gasteiger partial charge in [-0.15, -0.1) is 11.3 Å². The predicted molar refractivity (Wildman–Crippen MR) is 126 cm³/mol. The Hall–Kier alpha value is -2.63. The summed E-state index contributed by atoms with van der Waals surface area (Å²) >= 11 is 7.93. The molecule has 5 rings (SSSR count). The molecule has 1 aliphatic rings. The fraction of sp³-hybridized carbons (Fsp3) is 0.250. The number of amides is 1. The maximum atomic E-state index is 13.2. The molecule has 0 bridgehead atoms. The molecule has 1 saturated heterocycles. The van der Waals surface area contributed by atoms with E-state index in [0.717, 1.165) is 39.0 Å². The Kier molecular flexibility index (Phi) is 4.88. The number of aromatic nitrogens is 1. The van der Waals surface area contributed by atoms with Crippen LogP contribution in [0, 0.1) is 13.8 Å². The topological polar surface area (TPSA) is 36.4 Å². The van der Waals surface area contributed by atoms with E-state index in [1.807, 2.05) is 35.2 Å². The molecule has 2 aromatic heterocycles. The van der Waals surface area contributed by atoms with Gasteiger partial charge in [-0.2, -0.15) is 0 Å². The highest BCUT2D eigenvalue weighted by Crippen LogP contribution is 2.36. The van der Waals surface area contributed by atoms with Crippen LogP contribution >= 0.6 is 22.9 Å². The molecule has 0 radical (unpaired) electrons. The van der Waals surface area contributed by atoms with Gasteiger partial charge >= 0.3 is 0 Å². The third-order valence-electron chi connectivity index (χ3n) is 5.80. The number of carbonyl (C=O) groups excluding carboxylic acids is 1. The quantitative estimate of drug-likeness (QED) is 0.380. The van der Waals surface area contributed by atoms with Crippen LogP contribution in [0.25, 0.3) is 21.0 Å². The van der Waals surface area contributed by atoms with Gasteiger partial charge in [-0.25, -0.2) is 4.98 Å². The van der Waals surface area contributed by atoms with Crippen molar-refractivity contribution in [2.24, 2.45) is 0 Å². The number of benzene rings is 2. The second-order valence-electron chi connectivity index (χ2n) is 7.84. The molecule has 6 heteroatoms. The summed E-state index contributed by atoms with van der Waals surface area (Å²) in [5.74, 6) is 0.0805. The zero-order valence-corrected chi connectivity index (χ0v) is 18.6.